The van der Waals surface area contributed by atoms with Crippen molar-refractivity contribution in [2.24, 2.45) is 0 Å². The number of ether oxygens (including phenoxy) is 1. The maximum Gasteiger partial charge on any atom is 0.0721 e. The van der Waals surface area contributed by atoms with Gasteiger partial charge in [0.05, 0.1) is 13.2 Å². The minimum Gasteiger partial charge on any atom is -0.372 e. The van der Waals surface area contributed by atoms with Crippen LogP contribution in [0.5, 0.6) is 0 Å². The second-order valence-electron chi connectivity index (χ2n) is 4.17. The first-order valence-corrected chi connectivity index (χ1v) is 6.52. The van der Waals surface area contributed by atoms with Crippen LogP contribution in [0.25, 0.3) is 0 Å². The molecular weight excluding hydrogens is 220 g/mol. The normalized spacial score (nSPS) is 9.44. The Hall–Kier alpha value is -1.60. The molecule has 96 valence electrons. The molecule has 0 aliphatic carbocycles. The molecule has 18 heavy (non-hydrogen) atoms. The molecular formula is C17H22O. The van der Waals surface area contributed by atoms with Crippen LogP contribution < -0.4 is 0 Å². The van der Waals surface area contributed by atoms with Crippen molar-refractivity contribution < 1.29 is 4.74 Å². The Morgan fingerprint density at radius 3 is 1.33 bits per heavy atom. The standard InChI is InChI=1S/C14H14O.C3H8/c1-3-7-13(8-4-1)11-15-12-14-9-5-2-6-10-14;1-3-2/h1-10H,11-12H2;3H2,1-2H3. The fourth-order valence-corrected chi connectivity index (χ4v) is 1.44. The first-order chi connectivity index (χ1) is 8.86. The lowest BCUT2D eigenvalue weighted by atomic mass is 10.2. The maximum absolute atomic E-state index is 5.61. The highest BCUT2D eigenvalue weighted by atomic mass is 16.5. The maximum atomic E-state index is 5.61. The summed E-state index contributed by atoms with van der Waals surface area (Å²) in [5.41, 5.74) is 2.43. The molecule has 0 unspecified atom stereocenters. The highest BCUT2D eigenvalue weighted by molar-refractivity contribution is 5.15. The van der Waals surface area contributed by atoms with Crippen LogP contribution in [0, 0.1) is 0 Å². The highest BCUT2D eigenvalue weighted by Gasteiger charge is 1.93. The van der Waals surface area contributed by atoms with Gasteiger partial charge in [-0.1, -0.05) is 80.9 Å². The Morgan fingerprint density at radius 1 is 0.667 bits per heavy atom. The summed E-state index contributed by atoms with van der Waals surface area (Å²) in [6.45, 7) is 5.60. The molecule has 0 aliphatic heterocycles. The van der Waals surface area contributed by atoms with E-state index < -0.39 is 0 Å². The van der Waals surface area contributed by atoms with Gasteiger partial charge >= 0.3 is 0 Å². The molecule has 2 aromatic carbocycles. The van der Waals surface area contributed by atoms with Crippen molar-refractivity contribution in [3.8, 4) is 0 Å². The average molecular weight is 242 g/mol. The monoisotopic (exact) mass is 242 g/mol. The predicted molar refractivity (Wildman–Crippen MR) is 77.3 cm³/mol. The molecule has 1 heteroatoms. The topological polar surface area (TPSA) is 9.23 Å². The Morgan fingerprint density at radius 2 is 1.00 bits per heavy atom. The lowest BCUT2D eigenvalue weighted by Gasteiger charge is -2.03. The van der Waals surface area contributed by atoms with Crippen molar-refractivity contribution in [1.82, 2.24) is 0 Å². The Balaban J connectivity index is 0.000000492. The fourth-order valence-electron chi connectivity index (χ4n) is 1.44. The minimum atomic E-state index is 0.676. The van der Waals surface area contributed by atoms with Crippen molar-refractivity contribution in [2.75, 3.05) is 0 Å². The zero-order chi connectivity index (χ0) is 13.1. The smallest absolute Gasteiger partial charge is 0.0721 e. The molecule has 2 aromatic rings. The Bertz CT molecular complexity index is 355. The Kier molecular flexibility index (Phi) is 7.58. The fraction of sp³-hybridized carbons (Fsp3) is 0.294. The zero-order valence-corrected chi connectivity index (χ0v) is 11.3. The van der Waals surface area contributed by atoms with E-state index in [0.29, 0.717) is 13.2 Å². The van der Waals surface area contributed by atoms with E-state index in [1.165, 1.54) is 17.5 Å². The van der Waals surface area contributed by atoms with Crippen molar-refractivity contribution in [3.63, 3.8) is 0 Å². The van der Waals surface area contributed by atoms with E-state index >= 15 is 0 Å². The molecule has 2 rings (SSSR count). The molecule has 1 nitrogen and oxygen atoms in total. The first-order valence-electron chi connectivity index (χ1n) is 6.52. The lowest BCUT2D eigenvalue weighted by Crippen LogP contribution is -1.93. The number of benzene rings is 2. The molecule has 0 amide bonds. The summed E-state index contributed by atoms with van der Waals surface area (Å²) in [5.74, 6) is 0. The van der Waals surface area contributed by atoms with Crippen LogP contribution >= 0.6 is 0 Å². The van der Waals surface area contributed by atoms with Crippen molar-refractivity contribution in [1.29, 1.82) is 0 Å². The van der Waals surface area contributed by atoms with Gasteiger partial charge in [0.1, 0.15) is 0 Å². The van der Waals surface area contributed by atoms with E-state index in [1.807, 2.05) is 36.4 Å². The summed E-state index contributed by atoms with van der Waals surface area (Å²) in [7, 11) is 0. The molecule has 0 atom stereocenters. The number of rotatable bonds is 4. The van der Waals surface area contributed by atoms with Crippen LogP contribution in [0.2, 0.25) is 0 Å². The predicted octanol–water partition coefficient (Wildman–Crippen LogP) is 4.82. The number of hydrogen-bond donors (Lipinski definition) is 0. The third kappa shape index (κ3) is 6.21. The molecule has 0 saturated heterocycles. The average Bonchev–Trinajstić information content (AvgIpc) is 2.42. The SMILES string of the molecule is CCC.c1ccc(COCc2ccccc2)cc1. The quantitative estimate of drug-likeness (QED) is 0.747. The van der Waals surface area contributed by atoms with Gasteiger partial charge < -0.3 is 4.74 Å². The van der Waals surface area contributed by atoms with Gasteiger partial charge in [0.2, 0.25) is 0 Å². The highest BCUT2D eigenvalue weighted by Crippen LogP contribution is 2.05. The third-order valence-electron chi connectivity index (χ3n) is 2.22. The van der Waals surface area contributed by atoms with Gasteiger partial charge in [-0.2, -0.15) is 0 Å². The van der Waals surface area contributed by atoms with E-state index in [-0.39, 0.29) is 0 Å². The van der Waals surface area contributed by atoms with Crippen molar-refractivity contribution in [2.45, 2.75) is 33.5 Å². The summed E-state index contributed by atoms with van der Waals surface area (Å²) >= 11 is 0. The second kappa shape index (κ2) is 9.43. The second-order valence-corrected chi connectivity index (χ2v) is 4.17. The van der Waals surface area contributed by atoms with Gasteiger partial charge in [0.15, 0.2) is 0 Å². The molecule has 0 spiro atoms. The van der Waals surface area contributed by atoms with Crippen LogP contribution in [-0.4, -0.2) is 0 Å². The minimum absolute atomic E-state index is 0.676. The molecule has 0 N–H and O–H groups in total. The third-order valence-corrected chi connectivity index (χ3v) is 2.22. The molecule has 0 bridgehead atoms. The summed E-state index contributed by atoms with van der Waals surface area (Å²) in [6.07, 6.45) is 1.25. The van der Waals surface area contributed by atoms with Gasteiger partial charge in [0.25, 0.3) is 0 Å². The van der Waals surface area contributed by atoms with Crippen LogP contribution in [-0.2, 0) is 18.0 Å². The van der Waals surface area contributed by atoms with Crippen LogP contribution in [0.4, 0.5) is 0 Å². The molecule has 0 saturated carbocycles. The van der Waals surface area contributed by atoms with Gasteiger partial charge in [-0.15, -0.1) is 0 Å². The van der Waals surface area contributed by atoms with E-state index in [2.05, 4.69) is 38.1 Å². The Labute approximate surface area is 110 Å². The molecule has 0 aromatic heterocycles. The van der Waals surface area contributed by atoms with Gasteiger partial charge in [-0.05, 0) is 11.1 Å². The van der Waals surface area contributed by atoms with Gasteiger partial charge in [-0.25, -0.2) is 0 Å². The van der Waals surface area contributed by atoms with E-state index in [4.69, 9.17) is 4.74 Å². The van der Waals surface area contributed by atoms with Gasteiger partial charge in [0, 0.05) is 0 Å². The summed E-state index contributed by atoms with van der Waals surface area (Å²) < 4.78 is 5.61. The summed E-state index contributed by atoms with van der Waals surface area (Å²) in [6, 6.07) is 20.4. The van der Waals surface area contributed by atoms with Crippen LogP contribution in [0.15, 0.2) is 60.7 Å². The van der Waals surface area contributed by atoms with E-state index in [0.717, 1.165) is 0 Å². The summed E-state index contributed by atoms with van der Waals surface area (Å²) in [5, 5.41) is 0. The zero-order valence-electron chi connectivity index (χ0n) is 11.3. The molecule has 0 heterocycles. The number of hydrogen-bond acceptors (Lipinski definition) is 1. The van der Waals surface area contributed by atoms with Crippen molar-refractivity contribution >= 4 is 0 Å². The van der Waals surface area contributed by atoms with Gasteiger partial charge in [-0.3, -0.25) is 0 Å². The lowest BCUT2D eigenvalue weighted by molar-refractivity contribution is 0.107. The largest absolute Gasteiger partial charge is 0.372 e. The van der Waals surface area contributed by atoms with E-state index in [9.17, 15) is 0 Å². The first kappa shape index (κ1) is 14.5. The van der Waals surface area contributed by atoms with E-state index in [1.54, 1.807) is 0 Å². The van der Waals surface area contributed by atoms with Crippen LogP contribution in [0.3, 0.4) is 0 Å². The summed E-state index contributed by atoms with van der Waals surface area (Å²) in [4.78, 5) is 0. The molecule has 0 aliphatic rings. The van der Waals surface area contributed by atoms with Crippen LogP contribution in [0.1, 0.15) is 31.4 Å². The molecule has 0 fully saturated rings. The van der Waals surface area contributed by atoms with Crippen molar-refractivity contribution in [3.05, 3.63) is 71.8 Å². The molecule has 0 radical (unpaired) electrons.